The fraction of sp³-hybridized carbons (Fsp3) is 0.588. The Labute approximate surface area is 121 Å². The first-order chi connectivity index (χ1) is 9.50. The van der Waals surface area contributed by atoms with E-state index >= 15 is 0 Å². The number of benzene rings is 1. The van der Waals surface area contributed by atoms with Gasteiger partial charge in [0.1, 0.15) is 5.82 Å². The van der Waals surface area contributed by atoms with Gasteiger partial charge in [0.2, 0.25) is 0 Å². The number of carbonyl (C=O) groups is 1. The lowest BCUT2D eigenvalue weighted by molar-refractivity contribution is 0.0692. The number of hydrogen-bond donors (Lipinski definition) is 0. The normalized spacial score (nSPS) is 24.6. The zero-order valence-corrected chi connectivity index (χ0v) is 12.6. The molecule has 3 heteroatoms. The molecular weight excluding hydrogens is 253 g/mol. The predicted molar refractivity (Wildman–Crippen MR) is 79.4 cm³/mol. The predicted octanol–water partition coefficient (Wildman–Crippen LogP) is 3.91. The molecule has 0 bridgehead atoms. The molecule has 0 amide bonds. The number of ketones is 1. The molecule has 0 saturated heterocycles. The third kappa shape index (κ3) is 3.26. The Kier molecular flexibility index (Phi) is 4.92. The van der Waals surface area contributed by atoms with Crippen molar-refractivity contribution in [3.8, 4) is 0 Å². The zero-order valence-electron chi connectivity index (χ0n) is 12.6. The second-order valence-corrected chi connectivity index (χ2v) is 6.04. The highest BCUT2D eigenvalue weighted by Crippen LogP contribution is 2.29. The van der Waals surface area contributed by atoms with Crippen molar-refractivity contribution in [3.05, 3.63) is 35.6 Å². The van der Waals surface area contributed by atoms with Gasteiger partial charge in [-0.3, -0.25) is 9.69 Å². The molecular formula is C17H24FNO. The zero-order chi connectivity index (χ0) is 14.7. The van der Waals surface area contributed by atoms with Crippen LogP contribution in [0.5, 0.6) is 0 Å². The summed E-state index contributed by atoms with van der Waals surface area (Å²) in [6.07, 6.45) is 4.95. The first kappa shape index (κ1) is 15.2. The second-order valence-electron chi connectivity index (χ2n) is 6.04. The molecule has 1 fully saturated rings. The van der Waals surface area contributed by atoms with Gasteiger partial charge in [0.05, 0.1) is 6.04 Å². The molecule has 1 aromatic rings. The van der Waals surface area contributed by atoms with E-state index in [1.54, 1.807) is 12.1 Å². The van der Waals surface area contributed by atoms with E-state index in [0.717, 1.165) is 0 Å². The van der Waals surface area contributed by atoms with Gasteiger partial charge < -0.3 is 0 Å². The largest absolute Gasteiger partial charge is 0.293 e. The van der Waals surface area contributed by atoms with Crippen molar-refractivity contribution in [1.29, 1.82) is 0 Å². The van der Waals surface area contributed by atoms with Crippen LogP contribution >= 0.6 is 0 Å². The first-order valence-electron chi connectivity index (χ1n) is 7.52. The number of halogens is 1. The average molecular weight is 277 g/mol. The maximum absolute atomic E-state index is 12.9. The summed E-state index contributed by atoms with van der Waals surface area (Å²) >= 11 is 0. The highest BCUT2D eigenvalue weighted by atomic mass is 19.1. The van der Waals surface area contributed by atoms with Gasteiger partial charge in [-0.2, -0.15) is 0 Å². The molecule has 2 rings (SSSR count). The lowest BCUT2D eigenvalue weighted by Crippen LogP contribution is -2.47. The maximum Gasteiger partial charge on any atom is 0.179 e. The molecule has 1 aromatic carbocycles. The monoisotopic (exact) mass is 277 g/mol. The molecule has 1 aliphatic carbocycles. The first-order valence-corrected chi connectivity index (χ1v) is 7.52. The van der Waals surface area contributed by atoms with E-state index in [-0.39, 0.29) is 17.6 Å². The summed E-state index contributed by atoms with van der Waals surface area (Å²) in [5.74, 6) is 0.408. The molecule has 20 heavy (non-hydrogen) atoms. The van der Waals surface area contributed by atoms with Gasteiger partial charge in [-0.1, -0.05) is 19.8 Å². The van der Waals surface area contributed by atoms with Crippen LogP contribution in [-0.4, -0.2) is 29.8 Å². The van der Waals surface area contributed by atoms with Crippen LogP contribution in [0.4, 0.5) is 4.39 Å². The third-order valence-electron chi connectivity index (χ3n) is 4.71. The lowest BCUT2D eigenvalue weighted by atomic mass is 9.84. The molecule has 3 unspecified atom stereocenters. The van der Waals surface area contributed by atoms with Crippen molar-refractivity contribution < 1.29 is 9.18 Å². The van der Waals surface area contributed by atoms with E-state index < -0.39 is 0 Å². The summed E-state index contributed by atoms with van der Waals surface area (Å²) in [7, 11) is 2.04. The van der Waals surface area contributed by atoms with E-state index in [1.807, 2.05) is 14.0 Å². The van der Waals surface area contributed by atoms with E-state index in [2.05, 4.69) is 11.8 Å². The Balaban J connectivity index is 2.07. The van der Waals surface area contributed by atoms with E-state index in [4.69, 9.17) is 0 Å². The van der Waals surface area contributed by atoms with Crippen LogP contribution in [0.25, 0.3) is 0 Å². The number of rotatable bonds is 4. The van der Waals surface area contributed by atoms with Gasteiger partial charge in [-0.25, -0.2) is 4.39 Å². The van der Waals surface area contributed by atoms with Crippen LogP contribution in [0.15, 0.2) is 24.3 Å². The molecule has 0 heterocycles. The Bertz CT molecular complexity index is 457. The number of Topliss-reactive ketones (excluding diaryl/α,β-unsaturated/α-hetero) is 1. The summed E-state index contributed by atoms with van der Waals surface area (Å²) in [6, 6.07) is 6.17. The van der Waals surface area contributed by atoms with E-state index in [1.165, 1.54) is 37.8 Å². The van der Waals surface area contributed by atoms with Crippen LogP contribution in [0.2, 0.25) is 0 Å². The van der Waals surface area contributed by atoms with Gasteiger partial charge >= 0.3 is 0 Å². The highest BCUT2D eigenvalue weighted by Gasteiger charge is 2.30. The number of nitrogens with zero attached hydrogens (tertiary/aromatic N) is 1. The van der Waals surface area contributed by atoms with Crippen LogP contribution < -0.4 is 0 Å². The standard InChI is InChI=1S/C17H24FNO/c1-12-6-4-5-7-16(12)19(3)13(2)17(20)14-8-10-15(18)11-9-14/h8-13,16H,4-7H2,1-3H3. The summed E-state index contributed by atoms with van der Waals surface area (Å²) in [5.41, 5.74) is 0.592. The molecule has 0 N–H and O–H groups in total. The second kappa shape index (κ2) is 6.49. The molecule has 1 aliphatic rings. The van der Waals surface area contributed by atoms with Crippen LogP contribution in [0, 0.1) is 11.7 Å². The van der Waals surface area contributed by atoms with E-state index in [0.29, 0.717) is 17.5 Å². The molecule has 0 spiro atoms. The van der Waals surface area contributed by atoms with Gasteiger partial charge in [0.25, 0.3) is 0 Å². The number of likely N-dealkylation sites (N-methyl/N-ethyl adjacent to an activating group) is 1. The molecule has 0 aromatic heterocycles. The minimum Gasteiger partial charge on any atom is -0.293 e. The van der Waals surface area contributed by atoms with Crippen LogP contribution in [0.3, 0.4) is 0 Å². The minimum absolute atomic E-state index is 0.0743. The van der Waals surface area contributed by atoms with Crippen molar-refractivity contribution in [1.82, 2.24) is 4.90 Å². The smallest absolute Gasteiger partial charge is 0.179 e. The summed E-state index contributed by atoms with van der Waals surface area (Å²) < 4.78 is 12.9. The SMILES string of the molecule is CC1CCCCC1N(C)C(C)C(=O)c1ccc(F)cc1. The van der Waals surface area contributed by atoms with Gasteiger partial charge in [0.15, 0.2) is 5.78 Å². The Morgan fingerprint density at radius 2 is 1.85 bits per heavy atom. The molecule has 0 aliphatic heterocycles. The quantitative estimate of drug-likeness (QED) is 0.778. The average Bonchev–Trinajstić information content (AvgIpc) is 2.46. The molecule has 110 valence electrons. The van der Waals surface area contributed by atoms with Crippen molar-refractivity contribution in [2.75, 3.05) is 7.05 Å². The minimum atomic E-state index is -0.302. The maximum atomic E-state index is 12.9. The topological polar surface area (TPSA) is 20.3 Å². The third-order valence-corrected chi connectivity index (χ3v) is 4.71. The van der Waals surface area contributed by atoms with Gasteiger partial charge in [-0.15, -0.1) is 0 Å². The Hall–Kier alpha value is -1.22. The van der Waals surface area contributed by atoms with E-state index in [9.17, 15) is 9.18 Å². The fourth-order valence-electron chi connectivity index (χ4n) is 3.23. The highest BCUT2D eigenvalue weighted by molar-refractivity contribution is 5.99. The molecule has 2 nitrogen and oxygen atoms in total. The Morgan fingerprint density at radius 3 is 2.45 bits per heavy atom. The number of carbonyl (C=O) groups excluding carboxylic acids is 1. The van der Waals surface area contributed by atoms with Crippen molar-refractivity contribution in [2.24, 2.45) is 5.92 Å². The van der Waals surface area contributed by atoms with Crippen molar-refractivity contribution >= 4 is 5.78 Å². The summed E-state index contributed by atoms with van der Waals surface area (Å²) in [6.45, 7) is 4.22. The Morgan fingerprint density at radius 1 is 1.25 bits per heavy atom. The van der Waals surface area contributed by atoms with Crippen molar-refractivity contribution in [3.63, 3.8) is 0 Å². The van der Waals surface area contributed by atoms with Gasteiger partial charge in [-0.05, 0) is 57.0 Å². The van der Waals surface area contributed by atoms with Crippen molar-refractivity contribution in [2.45, 2.75) is 51.6 Å². The van der Waals surface area contributed by atoms with Crippen LogP contribution in [0.1, 0.15) is 49.9 Å². The molecule has 1 saturated carbocycles. The molecule has 3 atom stereocenters. The fourth-order valence-corrected chi connectivity index (χ4v) is 3.23. The van der Waals surface area contributed by atoms with Crippen LogP contribution in [-0.2, 0) is 0 Å². The number of hydrogen-bond acceptors (Lipinski definition) is 2. The molecule has 0 radical (unpaired) electrons. The lowest BCUT2D eigenvalue weighted by Gasteiger charge is -2.39. The summed E-state index contributed by atoms with van der Waals surface area (Å²) in [4.78, 5) is 14.7. The summed E-state index contributed by atoms with van der Waals surface area (Å²) in [5, 5.41) is 0. The van der Waals surface area contributed by atoms with Gasteiger partial charge in [0, 0.05) is 11.6 Å².